The second-order valence-corrected chi connectivity index (χ2v) is 4.93. The molecule has 0 saturated heterocycles. The highest BCUT2D eigenvalue weighted by molar-refractivity contribution is 5.43. The van der Waals surface area contributed by atoms with Crippen LogP contribution in [0, 0.1) is 10.1 Å². The van der Waals surface area contributed by atoms with Gasteiger partial charge in [0, 0.05) is 36.3 Å². The first-order valence-electron chi connectivity index (χ1n) is 6.05. The van der Waals surface area contributed by atoms with Gasteiger partial charge in [-0.25, -0.2) is 0 Å². The lowest BCUT2D eigenvalue weighted by molar-refractivity contribution is -0.385. The molecule has 0 aromatic heterocycles. The molecule has 0 saturated carbocycles. The van der Waals surface area contributed by atoms with Gasteiger partial charge in [-0.3, -0.25) is 15.0 Å². The van der Waals surface area contributed by atoms with Crippen molar-refractivity contribution in [1.29, 1.82) is 0 Å². The fourth-order valence-electron chi connectivity index (χ4n) is 1.97. The first kappa shape index (κ1) is 14.4. The molecule has 0 aliphatic rings. The maximum absolute atomic E-state index is 10.7. The summed E-state index contributed by atoms with van der Waals surface area (Å²) in [6.45, 7) is 8.76. The summed E-state index contributed by atoms with van der Waals surface area (Å²) < 4.78 is 0. The predicted octanol–water partition coefficient (Wildman–Crippen LogP) is 2.92. The zero-order valence-electron chi connectivity index (χ0n) is 11.3. The Hall–Kier alpha value is -1.62. The molecule has 0 heterocycles. The van der Waals surface area contributed by atoms with Gasteiger partial charge in [-0.2, -0.15) is 0 Å². The Bertz CT molecular complexity index is 422. The Morgan fingerprint density at radius 2 is 1.83 bits per heavy atom. The van der Waals surface area contributed by atoms with Crippen LogP contribution in [0.5, 0.6) is 5.75 Å². The van der Waals surface area contributed by atoms with E-state index in [2.05, 4.69) is 32.6 Å². The van der Waals surface area contributed by atoms with Crippen molar-refractivity contribution in [2.45, 2.75) is 46.3 Å². The number of benzene rings is 1. The molecule has 1 rings (SSSR count). The highest BCUT2D eigenvalue weighted by Gasteiger charge is 2.17. The fourth-order valence-corrected chi connectivity index (χ4v) is 1.97. The number of nitro groups is 1. The van der Waals surface area contributed by atoms with Gasteiger partial charge in [-0.15, -0.1) is 0 Å². The molecular formula is C13H20N2O3. The summed E-state index contributed by atoms with van der Waals surface area (Å²) in [4.78, 5) is 12.4. The fraction of sp³-hybridized carbons (Fsp3) is 0.538. The van der Waals surface area contributed by atoms with Crippen LogP contribution in [0.25, 0.3) is 0 Å². The summed E-state index contributed by atoms with van der Waals surface area (Å²) in [6, 6.07) is 4.75. The van der Waals surface area contributed by atoms with Crippen LogP contribution in [-0.4, -0.2) is 27.0 Å². The quantitative estimate of drug-likeness (QED) is 0.646. The number of aromatic hydroxyl groups is 1. The van der Waals surface area contributed by atoms with E-state index < -0.39 is 4.92 Å². The topological polar surface area (TPSA) is 66.6 Å². The normalized spacial score (nSPS) is 11.5. The second kappa shape index (κ2) is 5.82. The Kier molecular flexibility index (Phi) is 4.67. The number of nitrogens with zero attached hydrogens (tertiary/aromatic N) is 2. The van der Waals surface area contributed by atoms with Gasteiger partial charge in [-0.1, -0.05) is 0 Å². The standard InChI is InChI=1S/C13H20N2O3/c1-9(2)14(10(3)4)8-11-7-12(15(17)18)5-6-13(11)16/h5-7,9-10,16H,8H2,1-4H3. The molecule has 1 aromatic rings. The number of non-ortho nitro benzene ring substituents is 1. The van der Waals surface area contributed by atoms with Gasteiger partial charge in [0.2, 0.25) is 0 Å². The van der Waals surface area contributed by atoms with Crippen LogP contribution in [0.15, 0.2) is 18.2 Å². The zero-order valence-corrected chi connectivity index (χ0v) is 11.3. The Balaban J connectivity index is 3.01. The Morgan fingerprint density at radius 3 is 2.28 bits per heavy atom. The van der Waals surface area contributed by atoms with Gasteiger partial charge in [-0.05, 0) is 33.8 Å². The highest BCUT2D eigenvalue weighted by Crippen LogP contribution is 2.25. The summed E-state index contributed by atoms with van der Waals surface area (Å²) in [5, 5.41) is 20.5. The first-order valence-corrected chi connectivity index (χ1v) is 6.05. The van der Waals surface area contributed by atoms with Crippen molar-refractivity contribution in [3.8, 4) is 5.75 Å². The molecule has 5 nitrogen and oxygen atoms in total. The van der Waals surface area contributed by atoms with E-state index in [1.165, 1.54) is 18.2 Å². The number of phenolic OH excluding ortho intramolecular Hbond substituents is 1. The lowest BCUT2D eigenvalue weighted by atomic mass is 10.1. The van der Waals surface area contributed by atoms with Gasteiger partial charge in [0.15, 0.2) is 0 Å². The third-order valence-corrected chi connectivity index (χ3v) is 2.95. The van der Waals surface area contributed by atoms with E-state index in [-0.39, 0.29) is 11.4 Å². The van der Waals surface area contributed by atoms with E-state index in [4.69, 9.17) is 0 Å². The van der Waals surface area contributed by atoms with E-state index in [1.807, 2.05) is 0 Å². The van der Waals surface area contributed by atoms with Gasteiger partial charge in [0.25, 0.3) is 5.69 Å². The molecule has 0 aliphatic heterocycles. The number of rotatable bonds is 5. The van der Waals surface area contributed by atoms with Crippen LogP contribution in [-0.2, 0) is 6.54 Å². The Labute approximate surface area is 107 Å². The molecule has 18 heavy (non-hydrogen) atoms. The van der Waals surface area contributed by atoms with Crippen LogP contribution in [0.2, 0.25) is 0 Å². The molecule has 1 aromatic carbocycles. The molecule has 1 N–H and O–H groups in total. The number of nitro benzene ring substituents is 1. The molecule has 0 bridgehead atoms. The van der Waals surface area contributed by atoms with E-state index in [1.54, 1.807) is 0 Å². The van der Waals surface area contributed by atoms with Crippen molar-refractivity contribution in [3.63, 3.8) is 0 Å². The van der Waals surface area contributed by atoms with Gasteiger partial charge in [0.05, 0.1) is 4.92 Å². The van der Waals surface area contributed by atoms with Crippen molar-refractivity contribution in [3.05, 3.63) is 33.9 Å². The van der Waals surface area contributed by atoms with Gasteiger partial charge in [0.1, 0.15) is 5.75 Å². The summed E-state index contributed by atoms with van der Waals surface area (Å²) in [7, 11) is 0. The average Bonchev–Trinajstić information content (AvgIpc) is 2.26. The zero-order chi connectivity index (χ0) is 13.9. The minimum absolute atomic E-state index is 0.00950. The molecule has 0 spiro atoms. The minimum atomic E-state index is -0.446. The number of hydrogen-bond acceptors (Lipinski definition) is 4. The average molecular weight is 252 g/mol. The van der Waals surface area contributed by atoms with Crippen LogP contribution < -0.4 is 0 Å². The van der Waals surface area contributed by atoms with Crippen molar-refractivity contribution in [1.82, 2.24) is 4.90 Å². The van der Waals surface area contributed by atoms with Crippen molar-refractivity contribution in [2.24, 2.45) is 0 Å². The maximum Gasteiger partial charge on any atom is 0.270 e. The van der Waals surface area contributed by atoms with E-state index in [0.717, 1.165) is 0 Å². The smallest absolute Gasteiger partial charge is 0.270 e. The molecule has 0 amide bonds. The lowest BCUT2D eigenvalue weighted by Gasteiger charge is -2.30. The Morgan fingerprint density at radius 1 is 1.28 bits per heavy atom. The molecule has 100 valence electrons. The largest absolute Gasteiger partial charge is 0.508 e. The third kappa shape index (κ3) is 3.43. The summed E-state index contributed by atoms with van der Waals surface area (Å²) in [6.07, 6.45) is 0. The number of phenols is 1. The monoisotopic (exact) mass is 252 g/mol. The minimum Gasteiger partial charge on any atom is -0.508 e. The third-order valence-electron chi connectivity index (χ3n) is 2.95. The molecular weight excluding hydrogens is 232 g/mol. The second-order valence-electron chi connectivity index (χ2n) is 4.93. The number of hydrogen-bond donors (Lipinski definition) is 1. The molecule has 5 heteroatoms. The van der Waals surface area contributed by atoms with Gasteiger partial charge >= 0.3 is 0 Å². The first-order chi connectivity index (χ1) is 8.32. The van der Waals surface area contributed by atoms with E-state index >= 15 is 0 Å². The molecule has 0 fully saturated rings. The van der Waals surface area contributed by atoms with Crippen molar-refractivity contribution >= 4 is 5.69 Å². The summed E-state index contributed by atoms with van der Waals surface area (Å²) in [5.74, 6) is 0.104. The summed E-state index contributed by atoms with van der Waals surface area (Å²) in [5.41, 5.74) is 0.599. The van der Waals surface area contributed by atoms with Crippen LogP contribution in [0.1, 0.15) is 33.3 Å². The molecule has 0 radical (unpaired) electrons. The van der Waals surface area contributed by atoms with E-state index in [0.29, 0.717) is 24.2 Å². The van der Waals surface area contributed by atoms with Gasteiger partial charge < -0.3 is 5.11 Å². The SMILES string of the molecule is CC(C)N(Cc1cc([N+](=O)[O-])ccc1O)C(C)C. The van der Waals surface area contributed by atoms with Crippen molar-refractivity contribution < 1.29 is 10.0 Å². The highest BCUT2D eigenvalue weighted by atomic mass is 16.6. The van der Waals surface area contributed by atoms with Crippen molar-refractivity contribution in [2.75, 3.05) is 0 Å². The molecule has 0 aliphatic carbocycles. The van der Waals surface area contributed by atoms with Crippen LogP contribution >= 0.6 is 0 Å². The summed E-state index contributed by atoms with van der Waals surface area (Å²) >= 11 is 0. The molecule has 0 atom stereocenters. The van der Waals surface area contributed by atoms with E-state index in [9.17, 15) is 15.2 Å². The van der Waals surface area contributed by atoms with Crippen LogP contribution in [0.4, 0.5) is 5.69 Å². The van der Waals surface area contributed by atoms with Crippen LogP contribution in [0.3, 0.4) is 0 Å². The lowest BCUT2D eigenvalue weighted by Crippen LogP contribution is -2.36. The maximum atomic E-state index is 10.7. The predicted molar refractivity (Wildman–Crippen MR) is 70.6 cm³/mol. The molecule has 0 unspecified atom stereocenters.